The normalized spacial score (nSPS) is 16.6. The van der Waals surface area contributed by atoms with Gasteiger partial charge in [-0.25, -0.2) is 13.1 Å². The predicted octanol–water partition coefficient (Wildman–Crippen LogP) is 0.724. The molecule has 0 aliphatic carbocycles. The third kappa shape index (κ3) is 3.01. The highest BCUT2D eigenvalue weighted by molar-refractivity contribution is 7.89. The van der Waals surface area contributed by atoms with Crippen molar-refractivity contribution in [2.24, 2.45) is 0 Å². The third-order valence-electron chi connectivity index (χ3n) is 2.57. The second kappa shape index (κ2) is 5.26. The first-order valence-electron chi connectivity index (χ1n) is 5.98. The first-order valence-corrected chi connectivity index (χ1v) is 7.46. The lowest BCUT2D eigenvalue weighted by molar-refractivity contribution is 0.138. The van der Waals surface area contributed by atoms with Crippen molar-refractivity contribution >= 4 is 10.0 Å². The van der Waals surface area contributed by atoms with Gasteiger partial charge in [0.2, 0.25) is 10.0 Å². The van der Waals surface area contributed by atoms with Crippen LogP contribution in [0.5, 0.6) is 5.75 Å². The zero-order valence-corrected chi connectivity index (χ0v) is 11.3. The Labute approximate surface area is 108 Å². The average molecular weight is 270 g/mol. The van der Waals surface area contributed by atoms with E-state index in [0.29, 0.717) is 5.75 Å². The fraction of sp³-hybridized carbons (Fsp3) is 0.500. The summed E-state index contributed by atoms with van der Waals surface area (Å²) in [6.07, 6.45) is 0.0559. The Hall–Kier alpha value is -1.11. The Balaban J connectivity index is 2.25. The van der Waals surface area contributed by atoms with E-state index >= 15 is 0 Å². The van der Waals surface area contributed by atoms with Crippen molar-refractivity contribution in [2.45, 2.75) is 30.9 Å². The molecule has 1 aliphatic heterocycles. The van der Waals surface area contributed by atoms with Crippen LogP contribution in [0.15, 0.2) is 29.2 Å². The quantitative estimate of drug-likeness (QED) is 0.827. The van der Waals surface area contributed by atoms with E-state index in [-0.39, 0.29) is 17.0 Å². The molecule has 100 valence electrons. The van der Waals surface area contributed by atoms with Gasteiger partial charge in [0, 0.05) is 19.1 Å². The van der Waals surface area contributed by atoms with Crippen molar-refractivity contribution in [1.29, 1.82) is 0 Å². The molecule has 1 aliphatic rings. The van der Waals surface area contributed by atoms with Crippen LogP contribution in [0.4, 0.5) is 0 Å². The number of hydrogen-bond acceptors (Lipinski definition) is 4. The number of para-hydroxylation sites is 1. The molecular formula is C12H18N2O3S. The molecule has 1 fully saturated rings. The first-order chi connectivity index (χ1) is 8.49. The Morgan fingerprint density at radius 3 is 2.56 bits per heavy atom. The van der Waals surface area contributed by atoms with Gasteiger partial charge in [-0.15, -0.1) is 0 Å². The molecule has 18 heavy (non-hydrogen) atoms. The number of ether oxygens (including phenoxy) is 1. The van der Waals surface area contributed by atoms with Gasteiger partial charge in [-0.05, 0) is 26.0 Å². The lowest BCUT2D eigenvalue weighted by Crippen LogP contribution is -2.50. The molecule has 0 radical (unpaired) electrons. The van der Waals surface area contributed by atoms with Crippen molar-refractivity contribution in [1.82, 2.24) is 10.0 Å². The maximum atomic E-state index is 12.1. The molecule has 0 bridgehead atoms. The summed E-state index contributed by atoms with van der Waals surface area (Å²) < 4.78 is 32.5. The van der Waals surface area contributed by atoms with Crippen LogP contribution in [0.25, 0.3) is 0 Å². The highest BCUT2D eigenvalue weighted by atomic mass is 32.2. The summed E-state index contributed by atoms with van der Waals surface area (Å²) in [4.78, 5) is 0.200. The highest BCUT2D eigenvalue weighted by Gasteiger charge is 2.24. The van der Waals surface area contributed by atoms with Crippen molar-refractivity contribution in [3.05, 3.63) is 24.3 Å². The fourth-order valence-corrected chi connectivity index (χ4v) is 3.05. The summed E-state index contributed by atoms with van der Waals surface area (Å²) in [5.41, 5.74) is 0. The predicted molar refractivity (Wildman–Crippen MR) is 69.2 cm³/mol. The lowest BCUT2D eigenvalue weighted by atomic mass is 10.2. The van der Waals surface area contributed by atoms with Crippen LogP contribution in [0.3, 0.4) is 0 Å². The summed E-state index contributed by atoms with van der Waals surface area (Å²) in [6, 6.07) is 6.57. The zero-order valence-electron chi connectivity index (χ0n) is 10.5. The monoisotopic (exact) mass is 270 g/mol. The Kier molecular flexibility index (Phi) is 3.89. The van der Waals surface area contributed by atoms with Gasteiger partial charge in [0.1, 0.15) is 16.7 Å². The molecule has 2 rings (SSSR count). The second-order valence-corrected chi connectivity index (χ2v) is 6.30. The van der Waals surface area contributed by atoms with Crippen molar-refractivity contribution in [2.75, 3.05) is 13.1 Å². The van der Waals surface area contributed by atoms with Gasteiger partial charge in [-0.3, -0.25) is 0 Å². The zero-order chi connectivity index (χ0) is 13.2. The van der Waals surface area contributed by atoms with E-state index in [4.69, 9.17) is 4.74 Å². The minimum Gasteiger partial charge on any atom is -0.486 e. The molecular weight excluding hydrogens is 252 g/mol. The number of sulfonamides is 1. The Morgan fingerprint density at radius 1 is 1.33 bits per heavy atom. The summed E-state index contributed by atoms with van der Waals surface area (Å²) in [5.74, 6) is 0.414. The van der Waals surface area contributed by atoms with E-state index in [1.807, 2.05) is 0 Å². The largest absolute Gasteiger partial charge is 0.486 e. The molecule has 1 saturated heterocycles. The third-order valence-corrected chi connectivity index (χ3v) is 4.27. The lowest BCUT2D eigenvalue weighted by Gasteiger charge is -2.28. The molecule has 6 heteroatoms. The van der Waals surface area contributed by atoms with E-state index in [0.717, 1.165) is 13.1 Å². The summed E-state index contributed by atoms with van der Waals surface area (Å²) in [7, 11) is -3.52. The standard InChI is InChI=1S/C12H18N2O3S/c1-9(2)14-18(15,16)12-6-4-3-5-11(12)17-10-7-13-8-10/h3-6,9-10,13-14H,7-8H2,1-2H3. The van der Waals surface area contributed by atoms with E-state index in [1.165, 1.54) is 0 Å². The van der Waals surface area contributed by atoms with E-state index in [1.54, 1.807) is 38.1 Å². The van der Waals surface area contributed by atoms with E-state index < -0.39 is 10.0 Å². The van der Waals surface area contributed by atoms with Crippen LogP contribution < -0.4 is 14.8 Å². The minimum atomic E-state index is -3.52. The molecule has 1 aromatic carbocycles. The Bertz CT molecular complexity index is 510. The van der Waals surface area contributed by atoms with Crippen LogP contribution in [-0.4, -0.2) is 33.7 Å². The summed E-state index contributed by atoms with van der Waals surface area (Å²) >= 11 is 0. The topological polar surface area (TPSA) is 67.4 Å². The van der Waals surface area contributed by atoms with Crippen molar-refractivity contribution in [3.63, 3.8) is 0 Å². The van der Waals surface area contributed by atoms with Gasteiger partial charge in [-0.2, -0.15) is 0 Å². The molecule has 0 atom stereocenters. The summed E-state index contributed by atoms with van der Waals surface area (Å²) in [6.45, 7) is 5.09. The van der Waals surface area contributed by atoms with Gasteiger partial charge < -0.3 is 10.1 Å². The average Bonchev–Trinajstić information content (AvgIpc) is 2.22. The van der Waals surface area contributed by atoms with Crippen molar-refractivity contribution in [3.8, 4) is 5.75 Å². The van der Waals surface area contributed by atoms with Gasteiger partial charge in [0.15, 0.2) is 0 Å². The molecule has 1 heterocycles. The molecule has 0 saturated carbocycles. The number of hydrogen-bond donors (Lipinski definition) is 2. The smallest absolute Gasteiger partial charge is 0.244 e. The van der Waals surface area contributed by atoms with Crippen molar-refractivity contribution < 1.29 is 13.2 Å². The van der Waals surface area contributed by atoms with Gasteiger partial charge >= 0.3 is 0 Å². The fourth-order valence-electron chi connectivity index (χ4n) is 1.67. The van der Waals surface area contributed by atoms with Gasteiger partial charge in [-0.1, -0.05) is 12.1 Å². The van der Waals surface area contributed by atoms with Crippen LogP contribution in [0.2, 0.25) is 0 Å². The van der Waals surface area contributed by atoms with E-state index in [9.17, 15) is 8.42 Å². The maximum absolute atomic E-state index is 12.1. The SMILES string of the molecule is CC(C)NS(=O)(=O)c1ccccc1OC1CNC1. The molecule has 1 aromatic rings. The van der Waals surface area contributed by atoms with Gasteiger partial charge in [0.05, 0.1) is 0 Å². The molecule has 0 unspecified atom stereocenters. The molecule has 0 spiro atoms. The van der Waals surface area contributed by atoms with Crippen LogP contribution >= 0.6 is 0 Å². The minimum absolute atomic E-state index is 0.0559. The van der Waals surface area contributed by atoms with Gasteiger partial charge in [0.25, 0.3) is 0 Å². The second-order valence-electron chi connectivity index (χ2n) is 4.62. The molecule has 5 nitrogen and oxygen atoms in total. The number of benzene rings is 1. The Morgan fingerprint density at radius 2 is 2.00 bits per heavy atom. The first kappa shape index (κ1) is 13.3. The summed E-state index contributed by atoms with van der Waals surface area (Å²) in [5, 5.41) is 3.08. The maximum Gasteiger partial charge on any atom is 0.244 e. The molecule has 0 aromatic heterocycles. The van der Waals surface area contributed by atoms with Crippen LogP contribution in [0.1, 0.15) is 13.8 Å². The highest BCUT2D eigenvalue weighted by Crippen LogP contribution is 2.25. The number of nitrogens with one attached hydrogen (secondary N) is 2. The number of rotatable bonds is 5. The van der Waals surface area contributed by atoms with Crippen LogP contribution in [-0.2, 0) is 10.0 Å². The molecule has 2 N–H and O–H groups in total. The van der Waals surface area contributed by atoms with Crippen LogP contribution in [0, 0.1) is 0 Å². The molecule has 0 amide bonds. The van der Waals surface area contributed by atoms with E-state index in [2.05, 4.69) is 10.0 Å².